The molecule has 0 aliphatic carbocycles. The van der Waals surface area contributed by atoms with E-state index in [4.69, 9.17) is 0 Å². The molecule has 0 saturated carbocycles. The van der Waals surface area contributed by atoms with E-state index in [1.165, 1.54) is 9.13 Å². The lowest BCUT2D eigenvalue weighted by Gasteiger charge is -2.07. The second-order valence-electron chi connectivity index (χ2n) is 4.47. The van der Waals surface area contributed by atoms with Crippen molar-refractivity contribution in [2.75, 3.05) is 0 Å². The highest BCUT2D eigenvalue weighted by atomic mass is 127. The fourth-order valence-corrected chi connectivity index (χ4v) is 2.66. The average Bonchev–Trinajstić information content (AvgIpc) is 2.85. The van der Waals surface area contributed by atoms with Gasteiger partial charge in [0.05, 0.1) is 5.52 Å². The Hall–Kier alpha value is -1.62. The van der Waals surface area contributed by atoms with Crippen LogP contribution in [-0.4, -0.2) is 10.9 Å². The van der Waals surface area contributed by atoms with Crippen molar-refractivity contribution in [2.24, 2.45) is 0 Å². The molecule has 3 heteroatoms. The zero-order chi connectivity index (χ0) is 13.2. The molecule has 3 aromatic rings. The highest BCUT2D eigenvalue weighted by molar-refractivity contribution is 14.1. The lowest BCUT2D eigenvalue weighted by molar-refractivity contribution is 0.112. The van der Waals surface area contributed by atoms with Gasteiger partial charge in [0.2, 0.25) is 0 Å². The van der Waals surface area contributed by atoms with Gasteiger partial charge in [-0.3, -0.25) is 4.79 Å². The first kappa shape index (κ1) is 12.4. The van der Waals surface area contributed by atoms with Gasteiger partial charge in [0.1, 0.15) is 0 Å². The largest absolute Gasteiger partial charge is 0.342 e. The smallest absolute Gasteiger partial charge is 0.152 e. The number of para-hydroxylation sites is 1. The molecule has 19 heavy (non-hydrogen) atoms. The van der Waals surface area contributed by atoms with Crippen molar-refractivity contribution in [3.05, 3.63) is 69.4 Å². The van der Waals surface area contributed by atoms with E-state index in [-0.39, 0.29) is 0 Å². The molecule has 1 aromatic heterocycles. The third-order valence-electron chi connectivity index (χ3n) is 3.21. The number of nitrogens with zero attached hydrogens (tertiary/aromatic N) is 1. The molecule has 0 radical (unpaired) electrons. The average molecular weight is 361 g/mol. The standard InChI is InChI=1S/C16H12INO/c17-15-6-4-12(5-7-15)10-18-9-8-13-2-1-3-14(11-19)16(13)18/h1-9,11H,10H2. The number of hydrogen-bond acceptors (Lipinski definition) is 1. The van der Waals surface area contributed by atoms with Gasteiger partial charge in [-0.05, 0) is 52.4 Å². The number of fused-ring (bicyclic) bond motifs is 1. The summed E-state index contributed by atoms with van der Waals surface area (Å²) in [5, 5.41) is 1.11. The van der Waals surface area contributed by atoms with Crippen LogP contribution in [0.1, 0.15) is 15.9 Å². The van der Waals surface area contributed by atoms with Crippen LogP contribution in [-0.2, 0) is 6.54 Å². The van der Waals surface area contributed by atoms with Gasteiger partial charge in [-0.2, -0.15) is 0 Å². The van der Waals surface area contributed by atoms with Crippen LogP contribution in [0.4, 0.5) is 0 Å². The molecule has 0 atom stereocenters. The Bertz CT molecular complexity index is 728. The molecule has 1 heterocycles. The van der Waals surface area contributed by atoms with Gasteiger partial charge in [0, 0.05) is 27.3 Å². The van der Waals surface area contributed by atoms with Crippen molar-refractivity contribution in [3.8, 4) is 0 Å². The maximum atomic E-state index is 11.2. The maximum absolute atomic E-state index is 11.2. The first-order valence-electron chi connectivity index (χ1n) is 6.05. The number of rotatable bonds is 3. The van der Waals surface area contributed by atoms with Crippen molar-refractivity contribution in [3.63, 3.8) is 0 Å². The Morgan fingerprint density at radius 3 is 2.58 bits per heavy atom. The fourth-order valence-electron chi connectivity index (χ4n) is 2.30. The van der Waals surface area contributed by atoms with Gasteiger partial charge in [-0.1, -0.05) is 24.3 Å². The van der Waals surface area contributed by atoms with Crippen LogP contribution in [0, 0.1) is 3.57 Å². The van der Waals surface area contributed by atoms with E-state index in [0.29, 0.717) is 0 Å². The second kappa shape index (κ2) is 5.17. The Labute approximate surface area is 125 Å². The van der Waals surface area contributed by atoms with Crippen molar-refractivity contribution in [2.45, 2.75) is 6.54 Å². The molecule has 0 bridgehead atoms. The summed E-state index contributed by atoms with van der Waals surface area (Å²) < 4.78 is 3.36. The summed E-state index contributed by atoms with van der Waals surface area (Å²) in [5.41, 5.74) is 2.99. The maximum Gasteiger partial charge on any atom is 0.152 e. The number of aldehydes is 1. The van der Waals surface area contributed by atoms with Crippen molar-refractivity contribution in [1.29, 1.82) is 0 Å². The number of aromatic nitrogens is 1. The van der Waals surface area contributed by atoms with Crippen LogP contribution in [0.15, 0.2) is 54.7 Å². The normalized spacial score (nSPS) is 10.8. The summed E-state index contributed by atoms with van der Waals surface area (Å²) in [6.07, 6.45) is 2.96. The minimum atomic E-state index is 0.744. The summed E-state index contributed by atoms with van der Waals surface area (Å²) in [6, 6.07) is 16.3. The van der Waals surface area contributed by atoms with E-state index >= 15 is 0 Å². The molecular formula is C16H12INO. The van der Waals surface area contributed by atoms with Crippen LogP contribution in [0.5, 0.6) is 0 Å². The van der Waals surface area contributed by atoms with E-state index in [1.807, 2.05) is 24.4 Å². The number of halogens is 1. The van der Waals surface area contributed by atoms with Gasteiger partial charge >= 0.3 is 0 Å². The van der Waals surface area contributed by atoms with Crippen LogP contribution < -0.4 is 0 Å². The van der Waals surface area contributed by atoms with E-state index in [0.717, 1.165) is 29.3 Å². The molecule has 0 aliphatic heterocycles. The summed E-state index contributed by atoms with van der Waals surface area (Å²) in [5.74, 6) is 0. The summed E-state index contributed by atoms with van der Waals surface area (Å²) in [6.45, 7) is 0.783. The Morgan fingerprint density at radius 2 is 1.84 bits per heavy atom. The van der Waals surface area contributed by atoms with Crippen LogP contribution >= 0.6 is 22.6 Å². The topological polar surface area (TPSA) is 22.0 Å². The van der Waals surface area contributed by atoms with Gasteiger partial charge < -0.3 is 4.57 Å². The SMILES string of the molecule is O=Cc1cccc2ccn(Cc3ccc(I)cc3)c12. The first-order chi connectivity index (χ1) is 9.28. The molecule has 3 rings (SSSR count). The summed E-state index contributed by atoms with van der Waals surface area (Å²) in [7, 11) is 0. The third kappa shape index (κ3) is 2.42. The van der Waals surface area contributed by atoms with E-state index in [9.17, 15) is 4.79 Å². The monoisotopic (exact) mass is 361 g/mol. The number of carbonyl (C=O) groups excluding carboxylic acids is 1. The molecular weight excluding hydrogens is 349 g/mol. The van der Waals surface area contributed by atoms with Crippen LogP contribution in [0.25, 0.3) is 10.9 Å². The van der Waals surface area contributed by atoms with E-state index in [1.54, 1.807) is 0 Å². The Balaban J connectivity index is 2.05. The first-order valence-corrected chi connectivity index (χ1v) is 7.13. The molecule has 0 aliphatic rings. The molecule has 2 nitrogen and oxygen atoms in total. The van der Waals surface area contributed by atoms with Gasteiger partial charge in [0.15, 0.2) is 6.29 Å². The van der Waals surface area contributed by atoms with Crippen molar-refractivity contribution >= 4 is 39.8 Å². The Morgan fingerprint density at radius 1 is 1.05 bits per heavy atom. The predicted molar refractivity (Wildman–Crippen MR) is 85.6 cm³/mol. The lowest BCUT2D eigenvalue weighted by atomic mass is 10.1. The third-order valence-corrected chi connectivity index (χ3v) is 3.93. The minimum Gasteiger partial charge on any atom is -0.342 e. The zero-order valence-electron chi connectivity index (χ0n) is 10.2. The molecule has 0 N–H and O–H groups in total. The van der Waals surface area contributed by atoms with Crippen LogP contribution in [0.2, 0.25) is 0 Å². The van der Waals surface area contributed by atoms with Gasteiger partial charge in [-0.25, -0.2) is 0 Å². The van der Waals surface area contributed by atoms with Crippen LogP contribution in [0.3, 0.4) is 0 Å². The lowest BCUT2D eigenvalue weighted by Crippen LogP contribution is -1.99. The summed E-state index contributed by atoms with van der Waals surface area (Å²) >= 11 is 2.30. The zero-order valence-corrected chi connectivity index (χ0v) is 12.4. The molecule has 0 spiro atoms. The molecule has 2 aromatic carbocycles. The Kier molecular flexibility index (Phi) is 3.38. The number of benzene rings is 2. The minimum absolute atomic E-state index is 0.744. The quantitative estimate of drug-likeness (QED) is 0.509. The van der Waals surface area contributed by atoms with Gasteiger partial charge in [-0.15, -0.1) is 0 Å². The fraction of sp³-hybridized carbons (Fsp3) is 0.0625. The number of carbonyl (C=O) groups is 1. The van der Waals surface area contributed by atoms with Crippen molar-refractivity contribution < 1.29 is 4.79 Å². The highest BCUT2D eigenvalue weighted by Crippen LogP contribution is 2.20. The molecule has 0 amide bonds. The molecule has 94 valence electrons. The number of hydrogen-bond donors (Lipinski definition) is 0. The van der Waals surface area contributed by atoms with E-state index in [2.05, 4.69) is 57.5 Å². The van der Waals surface area contributed by atoms with Crippen molar-refractivity contribution in [1.82, 2.24) is 4.57 Å². The predicted octanol–water partition coefficient (Wildman–Crippen LogP) is 4.11. The van der Waals surface area contributed by atoms with E-state index < -0.39 is 0 Å². The molecule has 0 unspecified atom stereocenters. The molecule has 0 saturated heterocycles. The highest BCUT2D eigenvalue weighted by Gasteiger charge is 2.06. The van der Waals surface area contributed by atoms with Gasteiger partial charge in [0.25, 0.3) is 0 Å². The summed E-state index contributed by atoms with van der Waals surface area (Å²) in [4.78, 5) is 11.2. The second-order valence-corrected chi connectivity index (χ2v) is 5.72. The molecule has 0 fully saturated rings.